The molecule has 1 heterocycles. The van der Waals surface area contributed by atoms with Crippen molar-refractivity contribution >= 4 is 22.6 Å². The Morgan fingerprint density at radius 1 is 1.12 bits per heavy atom. The summed E-state index contributed by atoms with van der Waals surface area (Å²) in [6.45, 7) is 3.87. The molecule has 1 atom stereocenters. The second-order valence-corrected chi connectivity index (χ2v) is 6.50. The number of aliphatic carboxylic acids is 1. The number of hydrogen-bond donors (Lipinski definition) is 2. The predicted molar refractivity (Wildman–Crippen MR) is 97.0 cm³/mol. The lowest BCUT2D eigenvalue weighted by Crippen LogP contribution is -2.30. The first-order chi connectivity index (χ1) is 12.4. The number of nitrogens with one attached hydrogen (secondary N) is 1. The number of amides is 1. The van der Waals surface area contributed by atoms with E-state index in [1.807, 2.05) is 56.3 Å². The lowest BCUT2D eigenvalue weighted by molar-refractivity contribution is -0.137. The van der Waals surface area contributed by atoms with Gasteiger partial charge in [0.15, 0.2) is 5.69 Å². The molecule has 0 fully saturated rings. The zero-order valence-corrected chi connectivity index (χ0v) is 14.6. The van der Waals surface area contributed by atoms with E-state index in [4.69, 9.17) is 4.52 Å². The number of nitrogens with zero attached hydrogens (tertiary/aromatic N) is 1. The second kappa shape index (κ2) is 7.39. The molecule has 0 unspecified atom stereocenters. The Labute approximate surface area is 150 Å². The summed E-state index contributed by atoms with van der Waals surface area (Å²) < 4.78 is 5.15. The number of carboxylic acids is 1. The zero-order chi connectivity index (χ0) is 18.7. The van der Waals surface area contributed by atoms with Gasteiger partial charge in [-0.1, -0.05) is 55.4 Å². The van der Waals surface area contributed by atoms with Crippen molar-refractivity contribution in [3.05, 3.63) is 65.5 Å². The van der Waals surface area contributed by atoms with Crippen molar-refractivity contribution in [2.45, 2.75) is 32.2 Å². The Bertz CT molecular complexity index is 946. The molecule has 2 aromatic carbocycles. The third-order valence-corrected chi connectivity index (χ3v) is 4.19. The van der Waals surface area contributed by atoms with Crippen molar-refractivity contribution in [1.29, 1.82) is 0 Å². The zero-order valence-electron chi connectivity index (χ0n) is 14.6. The molecular formula is C20H20N2O4. The molecule has 3 aromatic rings. The number of hydrogen-bond acceptors (Lipinski definition) is 4. The molecule has 0 aliphatic carbocycles. The first-order valence-corrected chi connectivity index (χ1v) is 8.42. The number of carboxylic acid groups (broad SMARTS) is 1. The highest BCUT2D eigenvalue weighted by Crippen LogP contribution is 2.23. The van der Waals surface area contributed by atoms with Gasteiger partial charge in [-0.15, -0.1) is 0 Å². The summed E-state index contributed by atoms with van der Waals surface area (Å²) >= 11 is 0. The molecule has 0 spiro atoms. The Hall–Kier alpha value is -3.15. The van der Waals surface area contributed by atoms with Gasteiger partial charge >= 0.3 is 5.97 Å². The molecule has 2 N–H and O–H groups in total. The van der Waals surface area contributed by atoms with Crippen LogP contribution in [0, 0.1) is 0 Å². The van der Waals surface area contributed by atoms with Crippen LogP contribution in [0.3, 0.4) is 0 Å². The maximum absolute atomic E-state index is 12.5. The summed E-state index contributed by atoms with van der Waals surface area (Å²) in [6, 6.07) is 14.3. The van der Waals surface area contributed by atoms with Crippen LogP contribution in [0.5, 0.6) is 0 Å². The Balaban J connectivity index is 1.86. The van der Waals surface area contributed by atoms with Crippen molar-refractivity contribution in [1.82, 2.24) is 10.5 Å². The predicted octanol–water partition coefficient (Wildman–Crippen LogP) is 3.90. The van der Waals surface area contributed by atoms with Crippen LogP contribution in [-0.2, 0) is 4.79 Å². The molecule has 6 nitrogen and oxygen atoms in total. The first-order valence-electron chi connectivity index (χ1n) is 8.42. The molecule has 3 rings (SSSR count). The van der Waals surface area contributed by atoms with Gasteiger partial charge < -0.3 is 14.9 Å². The maximum atomic E-state index is 12.5. The number of carbonyl (C=O) groups excluding carboxylic acids is 1. The van der Waals surface area contributed by atoms with E-state index in [2.05, 4.69) is 10.5 Å². The molecule has 6 heteroatoms. The summed E-state index contributed by atoms with van der Waals surface area (Å²) in [7, 11) is 0. The average molecular weight is 352 g/mol. The monoisotopic (exact) mass is 352 g/mol. The van der Waals surface area contributed by atoms with Gasteiger partial charge in [0.05, 0.1) is 12.5 Å². The third-order valence-electron chi connectivity index (χ3n) is 4.19. The number of rotatable bonds is 6. The highest BCUT2D eigenvalue weighted by Gasteiger charge is 2.22. The molecule has 26 heavy (non-hydrogen) atoms. The average Bonchev–Trinajstić information content (AvgIpc) is 3.11. The van der Waals surface area contributed by atoms with Crippen LogP contribution >= 0.6 is 0 Å². The van der Waals surface area contributed by atoms with E-state index in [0.717, 1.165) is 16.3 Å². The fourth-order valence-electron chi connectivity index (χ4n) is 2.75. The van der Waals surface area contributed by atoms with Gasteiger partial charge in [0.2, 0.25) is 0 Å². The van der Waals surface area contributed by atoms with Crippen LogP contribution in [0.1, 0.15) is 54.0 Å². The number of aromatic nitrogens is 1. The molecule has 0 saturated heterocycles. The number of carbonyl (C=O) groups is 2. The fourth-order valence-corrected chi connectivity index (χ4v) is 2.75. The van der Waals surface area contributed by atoms with Gasteiger partial charge in [-0.25, -0.2) is 0 Å². The van der Waals surface area contributed by atoms with Gasteiger partial charge in [-0.05, 0) is 22.4 Å². The van der Waals surface area contributed by atoms with E-state index in [9.17, 15) is 14.7 Å². The van der Waals surface area contributed by atoms with E-state index >= 15 is 0 Å². The Morgan fingerprint density at radius 3 is 2.50 bits per heavy atom. The quantitative estimate of drug-likeness (QED) is 0.702. The topological polar surface area (TPSA) is 92.4 Å². The van der Waals surface area contributed by atoms with Gasteiger partial charge in [0.25, 0.3) is 5.91 Å². The molecule has 0 saturated carbocycles. The second-order valence-electron chi connectivity index (χ2n) is 6.50. The molecule has 0 radical (unpaired) electrons. The van der Waals surface area contributed by atoms with E-state index in [1.165, 1.54) is 0 Å². The molecular weight excluding hydrogens is 332 g/mol. The van der Waals surface area contributed by atoms with Crippen molar-refractivity contribution < 1.29 is 19.2 Å². The smallest absolute Gasteiger partial charge is 0.305 e. The van der Waals surface area contributed by atoms with E-state index in [-0.39, 0.29) is 18.0 Å². The summed E-state index contributed by atoms with van der Waals surface area (Å²) in [5.74, 6) is -0.735. The molecule has 134 valence electrons. The van der Waals surface area contributed by atoms with Gasteiger partial charge in [0.1, 0.15) is 5.76 Å². The fraction of sp³-hybridized carbons (Fsp3) is 0.250. The largest absolute Gasteiger partial charge is 0.481 e. The Kier molecular flexibility index (Phi) is 5.02. The first kappa shape index (κ1) is 17.7. The molecule has 0 bridgehead atoms. The minimum atomic E-state index is -0.994. The molecule has 1 aromatic heterocycles. The molecule has 1 amide bonds. The van der Waals surface area contributed by atoms with E-state index < -0.39 is 17.9 Å². The van der Waals surface area contributed by atoms with Crippen LogP contribution in [0.25, 0.3) is 10.8 Å². The third kappa shape index (κ3) is 3.91. The van der Waals surface area contributed by atoms with Crippen LogP contribution in [0.2, 0.25) is 0 Å². The lowest BCUT2D eigenvalue weighted by atomic mass is 9.99. The number of benzene rings is 2. The van der Waals surface area contributed by atoms with Crippen molar-refractivity contribution in [3.8, 4) is 0 Å². The standard InChI is InChI=1S/C20H20N2O4/c1-12(2)18-10-17(22-26-18)20(25)21-16(11-19(23)24)15-8-7-13-5-3-4-6-14(13)9-15/h3-10,12,16H,11H2,1-2H3,(H,21,25)(H,23,24)/t16-/m0/s1. The summed E-state index contributed by atoms with van der Waals surface area (Å²) in [5.41, 5.74) is 0.872. The number of fused-ring (bicyclic) bond motifs is 1. The lowest BCUT2D eigenvalue weighted by Gasteiger charge is -2.17. The minimum Gasteiger partial charge on any atom is -0.481 e. The summed E-state index contributed by atoms with van der Waals surface area (Å²) in [6.07, 6.45) is -0.223. The highest BCUT2D eigenvalue weighted by molar-refractivity contribution is 5.93. The van der Waals surface area contributed by atoms with Crippen molar-refractivity contribution in [2.75, 3.05) is 0 Å². The SMILES string of the molecule is CC(C)c1cc(C(=O)N[C@@H](CC(=O)O)c2ccc3ccccc3c2)no1. The van der Waals surface area contributed by atoms with Crippen molar-refractivity contribution in [2.24, 2.45) is 0 Å². The van der Waals surface area contributed by atoms with Crippen molar-refractivity contribution in [3.63, 3.8) is 0 Å². The minimum absolute atomic E-state index is 0.111. The maximum Gasteiger partial charge on any atom is 0.305 e. The van der Waals surface area contributed by atoms with E-state index in [0.29, 0.717) is 5.76 Å². The summed E-state index contributed by atoms with van der Waals surface area (Å²) in [5, 5.41) is 17.8. The van der Waals surface area contributed by atoms with Gasteiger partial charge in [-0.2, -0.15) is 0 Å². The van der Waals surface area contributed by atoms with Gasteiger partial charge in [-0.3, -0.25) is 9.59 Å². The van der Waals surface area contributed by atoms with E-state index in [1.54, 1.807) is 6.07 Å². The Morgan fingerprint density at radius 2 is 1.85 bits per heavy atom. The highest BCUT2D eigenvalue weighted by atomic mass is 16.5. The van der Waals surface area contributed by atoms with Crippen LogP contribution in [-0.4, -0.2) is 22.1 Å². The van der Waals surface area contributed by atoms with Crippen LogP contribution < -0.4 is 5.32 Å². The molecule has 0 aliphatic heterocycles. The van der Waals surface area contributed by atoms with Crippen LogP contribution in [0.15, 0.2) is 53.1 Å². The normalized spacial score (nSPS) is 12.3. The van der Waals surface area contributed by atoms with Crippen LogP contribution in [0.4, 0.5) is 0 Å². The van der Waals surface area contributed by atoms with Gasteiger partial charge in [0, 0.05) is 12.0 Å². The summed E-state index contributed by atoms with van der Waals surface area (Å²) in [4.78, 5) is 23.8. The molecule has 0 aliphatic rings.